The first-order chi connectivity index (χ1) is 29.6. The number of phenols is 1. The normalized spacial score (nSPS) is 26.6. The summed E-state index contributed by atoms with van der Waals surface area (Å²) in [5, 5.41) is 14.2. The van der Waals surface area contributed by atoms with E-state index in [0.717, 1.165) is 35.8 Å². The van der Waals surface area contributed by atoms with E-state index in [0.29, 0.717) is 52.1 Å². The number of methoxy groups -OCH3 is 1. The average Bonchev–Trinajstić information content (AvgIpc) is 3.66. The summed E-state index contributed by atoms with van der Waals surface area (Å²) < 4.78 is 5.55. The van der Waals surface area contributed by atoms with E-state index in [2.05, 4.69) is 28.5 Å². The van der Waals surface area contributed by atoms with Crippen LogP contribution in [-0.4, -0.2) is 69.8 Å². The van der Waals surface area contributed by atoms with E-state index in [-0.39, 0.29) is 35.0 Å². The number of rotatable bonds is 8. The molecule has 6 atom stereocenters. The minimum Gasteiger partial charge on any atom is -0.507 e. The lowest BCUT2D eigenvalue weighted by Crippen LogP contribution is -2.53. The van der Waals surface area contributed by atoms with Gasteiger partial charge in [0.25, 0.3) is 11.8 Å². The van der Waals surface area contributed by atoms with Gasteiger partial charge in [0.05, 0.1) is 41.0 Å². The number of anilines is 1. The van der Waals surface area contributed by atoms with Crippen LogP contribution in [0.3, 0.4) is 0 Å². The number of halogens is 2. The topological polar surface area (TPSA) is 119 Å². The van der Waals surface area contributed by atoms with Crippen molar-refractivity contribution in [3.63, 3.8) is 0 Å². The van der Waals surface area contributed by atoms with E-state index in [9.17, 15) is 9.90 Å². The van der Waals surface area contributed by atoms with Gasteiger partial charge in [0.15, 0.2) is 0 Å². The Kier molecular flexibility index (Phi) is 9.93. The highest BCUT2D eigenvalue weighted by Crippen LogP contribution is 2.65. The van der Waals surface area contributed by atoms with Crippen molar-refractivity contribution in [1.82, 2.24) is 14.8 Å². The minimum absolute atomic E-state index is 0.0796. The van der Waals surface area contributed by atoms with Gasteiger partial charge < -0.3 is 9.84 Å². The lowest BCUT2D eigenvalue weighted by molar-refractivity contribution is -0.144. The SMILES string of the molecule is COc1ccc([C@@]23C(=O)N(Nc4ccc(Cl)cc4Cl)C(=O)[C@@H]2C[C@@H]2C(=CC[C@@H]4C(=O)N(C5CCN(Cc6ccccc6)CC5)C(=O)[C@@H]42)[C@@H]3c2ccc(O)c3ccccc23)cc1. The number of amides is 4. The fourth-order valence-corrected chi connectivity index (χ4v) is 11.8. The molecule has 2 aliphatic carbocycles. The fraction of sp³-hybridized carbons (Fsp3) is 0.306. The first-order valence-electron chi connectivity index (χ1n) is 20.9. The predicted octanol–water partition coefficient (Wildman–Crippen LogP) is 8.51. The van der Waals surface area contributed by atoms with E-state index >= 15 is 14.4 Å². The molecule has 10 rings (SSSR count). The number of benzene rings is 5. The Morgan fingerprint density at radius 2 is 1.52 bits per heavy atom. The number of allylic oxidation sites excluding steroid dienone is 2. The number of phenolic OH excluding ortho intramolecular Hbond substituents is 1. The van der Waals surface area contributed by atoms with Gasteiger partial charge in [0, 0.05) is 42.0 Å². The highest BCUT2D eigenvalue weighted by molar-refractivity contribution is 6.36. The van der Waals surface area contributed by atoms with Crippen LogP contribution in [0.15, 0.2) is 121 Å². The summed E-state index contributed by atoms with van der Waals surface area (Å²) in [6, 6.07) is 33.1. The minimum atomic E-state index is -1.53. The molecule has 3 saturated heterocycles. The van der Waals surface area contributed by atoms with Crippen molar-refractivity contribution in [2.75, 3.05) is 25.6 Å². The van der Waals surface area contributed by atoms with Gasteiger partial charge in [-0.3, -0.25) is 34.4 Å². The molecule has 5 aromatic carbocycles. The molecule has 0 aromatic heterocycles. The number of likely N-dealkylation sites (tertiary alicyclic amines) is 2. The average molecular weight is 856 g/mol. The number of carbonyl (C=O) groups excluding carboxylic acids is 4. The van der Waals surface area contributed by atoms with Gasteiger partial charge >= 0.3 is 0 Å². The Bertz CT molecular complexity index is 2630. The number of piperidine rings is 1. The number of hydrogen-bond donors (Lipinski definition) is 2. The zero-order chi connectivity index (χ0) is 42.2. The molecule has 4 fully saturated rings. The van der Waals surface area contributed by atoms with Crippen molar-refractivity contribution in [3.8, 4) is 11.5 Å². The molecule has 4 amide bonds. The summed E-state index contributed by atoms with van der Waals surface area (Å²) in [6.07, 6.45) is 3.91. The second-order valence-corrected chi connectivity index (χ2v) is 17.8. The molecule has 0 unspecified atom stereocenters. The Morgan fingerprint density at radius 3 is 2.25 bits per heavy atom. The maximum Gasteiger partial charge on any atom is 0.260 e. The van der Waals surface area contributed by atoms with E-state index < -0.39 is 46.8 Å². The van der Waals surface area contributed by atoms with Crippen LogP contribution in [0, 0.1) is 23.7 Å². The maximum absolute atomic E-state index is 15.7. The number of nitrogens with one attached hydrogen (secondary N) is 1. The predicted molar refractivity (Wildman–Crippen MR) is 233 cm³/mol. The molecule has 0 spiro atoms. The largest absolute Gasteiger partial charge is 0.507 e. The van der Waals surface area contributed by atoms with Crippen LogP contribution in [0.4, 0.5) is 5.69 Å². The van der Waals surface area contributed by atoms with Gasteiger partial charge in [-0.15, -0.1) is 0 Å². The number of carbonyl (C=O) groups is 4. The monoisotopic (exact) mass is 854 g/mol. The molecule has 1 saturated carbocycles. The number of hydrogen-bond acceptors (Lipinski definition) is 8. The Balaban J connectivity index is 1.09. The smallest absolute Gasteiger partial charge is 0.260 e. The van der Waals surface area contributed by atoms with Crippen molar-refractivity contribution in [3.05, 3.63) is 148 Å². The van der Waals surface area contributed by atoms with E-state index in [1.165, 1.54) is 11.6 Å². The molecule has 0 radical (unpaired) electrons. The summed E-state index contributed by atoms with van der Waals surface area (Å²) in [4.78, 5) is 64.5. The number of ether oxygens (including phenoxy) is 1. The van der Waals surface area contributed by atoms with Crippen LogP contribution in [0.25, 0.3) is 10.8 Å². The second kappa shape index (κ2) is 15.3. The first-order valence-corrected chi connectivity index (χ1v) is 21.6. The van der Waals surface area contributed by atoms with Crippen molar-refractivity contribution < 1.29 is 29.0 Å². The highest BCUT2D eigenvalue weighted by Gasteiger charge is 2.70. The van der Waals surface area contributed by atoms with Crippen LogP contribution in [0.2, 0.25) is 10.0 Å². The second-order valence-electron chi connectivity index (χ2n) is 17.0. The van der Waals surface area contributed by atoms with Gasteiger partial charge in [-0.25, -0.2) is 0 Å². The number of aromatic hydroxyl groups is 1. The fourth-order valence-electron chi connectivity index (χ4n) is 11.3. The van der Waals surface area contributed by atoms with E-state index in [4.69, 9.17) is 27.9 Å². The summed E-state index contributed by atoms with van der Waals surface area (Å²) in [7, 11) is 1.57. The Morgan fingerprint density at radius 1 is 0.803 bits per heavy atom. The summed E-state index contributed by atoms with van der Waals surface area (Å²) in [6.45, 7) is 2.33. The number of imide groups is 2. The summed E-state index contributed by atoms with van der Waals surface area (Å²) in [5.41, 5.74) is 5.26. The summed E-state index contributed by atoms with van der Waals surface area (Å²) in [5.74, 6) is -4.20. The Hall–Kier alpha value is -5.68. The zero-order valence-electron chi connectivity index (χ0n) is 33.5. The number of fused-ring (bicyclic) bond motifs is 5. The van der Waals surface area contributed by atoms with Crippen molar-refractivity contribution >= 4 is 63.3 Å². The van der Waals surface area contributed by atoms with E-state index in [1.54, 1.807) is 42.3 Å². The molecule has 5 aromatic rings. The lowest BCUT2D eigenvalue weighted by atomic mass is 9.49. The third kappa shape index (κ3) is 6.24. The van der Waals surface area contributed by atoms with Gasteiger partial charge in [0.2, 0.25) is 11.8 Å². The quantitative estimate of drug-likeness (QED) is 0.118. The Labute approximate surface area is 363 Å². The molecular weight excluding hydrogens is 811 g/mol. The van der Waals surface area contributed by atoms with Gasteiger partial charge in [-0.05, 0) is 90.1 Å². The molecule has 3 aliphatic heterocycles. The zero-order valence-corrected chi connectivity index (χ0v) is 35.0. The molecule has 3 heterocycles. The van der Waals surface area contributed by atoms with E-state index in [1.807, 2.05) is 60.7 Å². The number of hydrazine groups is 1. The molecular formula is C49H44Cl2N4O6. The van der Waals surface area contributed by atoms with Crippen LogP contribution >= 0.6 is 23.2 Å². The molecule has 0 bridgehead atoms. The standard InChI is InChI=1S/C49H44Cl2N4O6/c1-61-32-14-11-29(12-15-32)49-39(46(58)55(48(49)60)52-41-19-13-30(50)25-40(41)51)26-38-36(44(49)35-18-20-42(56)34-10-6-5-9-33(34)35)16-17-37-43(38)47(59)54(45(37)57)31-21-23-53(24-22-31)27-28-7-3-2-4-8-28/h2-16,18-20,25,31,37-39,43-44,52,56H,17,21-24,26-27H2,1H3/t37-,38+,39-,43-,44-,49+/m0/s1. The first kappa shape index (κ1) is 39.5. The van der Waals surface area contributed by atoms with Crippen LogP contribution in [0.5, 0.6) is 11.5 Å². The van der Waals surface area contributed by atoms with Crippen molar-refractivity contribution in [2.24, 2.45) is 23.7 Å². The third-order valence-electron chi connectivity index (χ3n) is 14.0. The van der Waals surface area contributed by atoms with Gasteiger partial charge in [-0.1, -0.05) is 108 Å². The third-order valence-corrected chi connectivity index (χ3v) is 14.6. The molecule has 2 N–H and O–H groups in total. The molecule has 61 heavy (non-hydrogen) atoms. The van der Waals surface area contributed by atoms with Gasteiger partial charge in [-0.2, -0.15) is 5.01 Å². The lowest BCUT2D eigenvalue weighted by Gasteiger charge is -2.51. The molecule has 5 aliphatic rings. The van der Waals surface area contributed by atoms with Crippen molar-refractivity contribution in [2.45, 2.75) is 49.6 Å². The van der Waals surface area contributed by atoms with Crippen LogP contribution < -0.4 is 10.2 Å². The summed E-state index contributed by atoms with van der Waals surface area (Å²) >= 11 is 12.9. The van der Waals surface area contributed by atoms with Crippen molar-refractivity contribution in [1.29, 1.82) is 0 Å². The molecule has 10 nitrogen and oxygen atoms in total. The number of nitrogens with zero attached hydrogens (tertiary/aromatic N) is 3. The maximum atomic E-state index is 15.7. The van der Waals surface area contributed by atoms with Crippen LogP contribution in [0.1, 0.15) is 48.3 Å². The molecule has 310 valence electrons. The molecule has 12 heteroatoms. The highest BCUT2D eigenvalue weighted by atomic mass is 35.5. The van der Waals surface area contributed by atoms with Gasteiger partial charge in [0.1, 0.15) is 11.5 Å². The van der Waals surface area contributed by atoms with Crippen LogP contribution in [-0.2, 0) is 31.1 Å².